The molecule has 0 bridgehead atoms. The minimum absolute atomic E-state index is 0.00873. The third-order valence-corrected chi connectivity index (χ3v) is 5.24. The van der Waals surface area contributed by atoms with Gasteiger partial charge in [-0.05, 0) is 48.2 Å². The molecule has 0 saturated heterocycles. The average molecular weight is 414 g/mol. The fraction of sp³-hybridized carbons (Fsp3) is 0.318. The van der Waals surface area contributed by atoms with Crippen LogP contribution >= 0.6 is 11.5 Å². The van der Waals surface area contributed by atoms with Crippen LogP contribution in [0.3, 0.4) is 0 Å². The SMILES string of the molecule is CC(C)[C@H](C)NC(=O)Cc1ccc(Oc2nc(Cc3ccc(F)cc3)ns2)cc1. The number of carbonyl (C=O) groups is 1. The highest BCUT2D eigenvalue weighted by Gasteiger charge is 2.12. The molecular formula is C22H24FN3O2S. The minimum Gasteiger partial charge on any atom is -0.430 e. The van der Waals surface area contributed by atoms with Gasteiger partial charge in [0, 0.05) is 24.0 Å². The van der Waals surface area contributed by atoms with Gasteiger partial charge in [0.1, 0.15) is 11.6 Å². The van der Waals surface area contributed by atoms with E-state index in [0.29, 0.717) is 35.5 Å². The van der Waals surface area contributed by atoms with E-state index in [9.17, 15) is 9.18 Å². The van der Waals surface area contributed by atoms with Gasteiger partial charge in [-0.3, -0.25) is 4.79 Å². The van der Waals surface area contributed by atoms with Gasteiger partial charge in [-0.2, -0.15) is 9.36 Å². The first kappa shape index (κ1) is 20.9. The molecule has 1 N–H and O–H groups in total. The van der Waals surface area contributed by atoms with Gasteiger partial charge in [-0.1, -0.05) is 38.1 Å². The van der Waals surface area contributed by atoms with Crippen LogP contribution in [-0.4, -0.2) is 21.3 Å². The van der Waals surface area contributed by atoms with E-state index in [1.165, 1.54) is 23.7 Å². The van der Waals surface area contributed by atoms with E-state index in [-0.39, 0.29) is 17.8 Å². The zero-order chi connectivity index (χ0) is 20.8. The van der Waals surface area contributed by atoms with Gasteiger partial charge in [0.25, 0.3) is 5.19 Å². The number of nitrogens with zero attached hydrogens (tertiary/aromatic N) is 2. The number of ether oxygens (including phenoxy) is 1. The van der Waals surface area contributed by atoms with Crippen molar-refractivity contribution in [3.8, 4) is 10.9 Å². The monoisotopic (exact) mass is 413 g/mol. The Morgan fingerprint density at radius 2 is 1.72 bits per heavy atom. The van der Waals surface area contributed by atoms with E-state index in [4.69, 9.17) is 4.74 Å². The lowest BCUT2D eigenvalue weighted by atomic mass is 10.1. The van der Waals surface area contributed by atoms with Gasteiger partial charge in [-0.25, -0.2) is 4.39 Å². The van der Waals surface area contributed by atoms with E-state index in [1.54, 1.807) is 12.1 Å². The van der Waals surface area contributed by atoms with Crippen LogP contribution in [0.15, 0.2) is 48.5 Å². The molecule has 0 unspecified atom stereocenters. The molecule has 0 spiro atoms. The molecular weight excluding hydrogens is 389 g/mol. The molecule has 0 aliphatic heterocycles. The summed E-state index contributed by atoms with van der Waals surface area (Å²) in [5, 5.41) is 3.44. The number of hydrogen-bond donors (Lipinski definition) is 1. The maximum absolute atomic E-state index is 13.0. The maximum atomic E-state index is 13.0. The second-order valence-corrected chi connectivity index (χ2v) is 8.02. The van der Waals surface area contributed by atoms with E-state index >= 15 is 0 Å². The number of carbonyl (C=O) groups excluding carboxylic acids is 1. The van der Waals surface area contributed by atoms with Crippen molar-refractivity contribution in [3.05, 3.63) is 71.3 Å². The van der Waals surface area contributed by atoms with Gasteiger partial charge in [0.2, 0.25) is 5.91 Å². The van der Waals surface area contributed by atoms with Crippen LogP contribution in [0.4, 0.5) is 4.39 Å². The first-order chi connectivity index (χ1) is 13.9. The molecule has 0 radical (unpaired) electrons. The van der Waals surface area contributed by atoms with Gasteiger partial charge in [0.15, 0.2) is 5.82 Å². The summed E-state index contributed by atoms with van der Waals surface area (Å²) in [7, 11) is 0. The van der Waals surface area contributed by atoms with Crippen LogP contribution in [-0.2, 0) is 17.6 Å². The van der Waals surface area contributed by atoms with Gasteiger partial charge in [0.05, 0.1) is 6.42 Å². The Kier molecular flexibility index (Phi) is 6.93. The first-order valence-corrected chi connectivity index (χ1v) is 10.3. The molecule has 3 aromatic rings. The van der Waals surface area contributed by atoms with Crippen molar-refractivity contribution in [3.63, 3.8) is 0 Å². The number of halogens is 1. The quantitative estimate of drug-likeness (QED) is 0.578. The molecule has 0 saturated carbocycles. The lowest BCUT2D eigenvalue weighted by Crippen LogP contribution is -2.37. The predicted octanol–water partition coefficient (Wildman–Crippen LogP) is 4.76. The van der Waals surface area contributed by atoms with Crippen LogP contribution in [0, 0.1) is 11.7 Å². The van der Waals surface area contributed by atoms with Gasteiger partial charge < -0.3 is 10.1 Å². The number of rotatable bonds is 8. The Morgan fingerprint density at radius 3 is 2.38 bits per heavy atom. The second-order valence-electron chi connectivity index (χ2n) is 7.30. The van der Waals surface area contributed by atoms with Crippen molar-refractivity contribution in [1.82, 2.24) is 14.7 Å². The molecule has 0 fully saturated rings. The topological polar surface area (TPSA) is 64.1 Å². The molecule has 1 aromatic heterocycles. The fourth-order valence-corrected chi connectivity index (χ4v) is 3.14. The zero-order valence-corrected chi connectivity index (χ0v) is 17.5. The number of benzene rings is 2. The van der Waals surface area contributed by atoms with Gasteiger partial charge >= 0.3 is 0 Å². The molecule has 2 aromatic carbocycles. The van der Waals surface area contributed by atoms with Crippen LogP contribution in [0.25, 0.3) is 0 Å². The van der Waals surface area contributed by atoms with Crippen LogP contribution in [0.1, 0.15) is 37.7 Å². The molecule has 7 heteroatoms. The molecule has 0 aliphatic carbocycles. The Bertz CT molecular complexity index is 939. The van der Waals surface area contributed by atoms with Crippen LogP contribution < -0.4 is 10.1 Å². The van der Waals surface area contributed by atoms with Crippen molar-refractivity contribution in [2.45, 2.75) is 39.7 Å². The molecule has 1 atom stereocenters. The van der Waals surface area contributed by atoms with Crippen molar-refractivity contribution in [1.29, 1.82) is 0 Å². The third-order valence-electron chi connectivity index (χ3n) is 4.61. The first-order valence-electron chi connectivity index (χ1n) is 9.52. The summed E-state index contributed by atoms with van der Waals surface area (Å²) < 4.78 is 23.0. The third kappa shape index (κ3) is 6.35. The zero-order valence-electron chi connectivity index (χ0n) is 16.7. The second kappa shape index (κ2) is 9.60. The number of amides is 1. The van der Waals surface area contributed by atoms with Crippen molar-refractivity contribution < 1.29 is 13.9 Å². The molecule has 1 amide bonds. The highest BCUT2D eigenvalue weighted by Crippen LogP contribution is 2.24. The molecule has 3 rings (SSSR count). The largest absolute Gasteiger partial charge is 0.430 e. The van der Waals surface area contributed by atoms with Gasteiger partial charge in [-0.15, -0.1) is 0 Å². The van der Waals surface area contributed by atoms with Crippen molar-refractivity contribution in [2.24, 2.45) is 5.92 Å². The van der Waals surface area contributed by atoms with E-state index < -0.39 is 0 Å². The van der Waals surface area contributed by atoms with Crippen molar-refractivity contribution in [2.75, 3.05) is 0 Å². The lowest BCUT2D eigenvalue weighted by Gasteiger charge is -2.17. The van der Waals surface area contributed by atoms with E-state index in [2.05, 4.69) is 28.5 Å². The molecule has 152 valence electrons. The summed E-state index contributed by atoms with van der Waals surface area (Å²) in [6.07, 6.45) is 0.848. The summed E-state index contributed by atoms with van der Waals surface area (Å²) in [5.74, 6) is 1.40. The number of nitrogens with one attached hydrogen (secondary N) is 1. The Labute approximate surface area is 174 Å². The van der Waals surface area contributed by atoms with E-state index in [1.807, 2.05) is 31.2 Å². The fourth-order valence-electron chi connectivity index (χ4n) is 2.57. The van der Waals surface area contributed by atoms with Crippen molar-refractivity contribution >= 4 is 17.4 Å². The highest BCUT2D eigenvalue weighted by molar-refractivity contribution is 7.07. The Hall–Kier alpha value is -2.80. The minimum atomic E-state index is -0.264. The summed E-state index contributed by atoms with van der Waals surface area (Å²) >= 11 is 1.17. The van der Waals surface area contributed by atoms with Crippen LogP contribution in [0.5, 0.6) is 10.9 Å². The predicted molar refractivity (Wildman–Crippen MR) is 112 cm³/mol. The Morgan fingerprint density at radius 1 is 1.07 bits per heavy atom. The molecule has 29 heavy (non-hydrogen) atoms. The molecule has 5 nitrogen and oxygen atoms in total. The average Bonchev–Trinajstić information content (AvgIpc) is 3.12. The summed E-state index contributed by atoms with van der Waals surface area (Å²) in [4.78, 5) is 16.5. The summed E-state index contributed by atoms with van der Waals surface area (Å²) in [5.41, 5.74) is 1.85. The molecule has 1 heterocycles. The normalized spacial score (nSPS) is 12.0. The maximum Gasteiger partial charge on any atom is 0.298 e. The Balaban J connectivity index is 1.54. The summed E-state index contributed by atoms with van der Waals surface area (Å²) in [6, 6.07) is 13.8. The highest BCUT2D eigenvalue weighted by atomic mass is 32.1. The van der Waals surface area contributed by atoms with E-state index in [0.717, 1.165) is 11.1 Å². The number of hydrogen-bond acceptors (Lipinski definition) is 5. The number of aromatic nitrogens is 2. The lowest BCUT2D eigenvalue weighted by molar-refractivity contribution is -0.121. The smallest absolute Gasteiger partial charge is 0.298 e. The molecule has 0 aliphatic rings. The standard InChI is InChI=1S/C22H24FN3O2S/c1-14(2)15(3)24-21(27)13-17-6-10-19(11-7-17)28-22-25-20(26-29-22)12-16-4-8-18(23)9-5-16/h4-11,14-15H,12-13H2,1-3H3,(H,24,27)/t15-/m0/s1. The summed E-state index contributed by atoms with van der Waals surface area (Å²) in [6.45, 7) is 6.16. The van der Waals surface area contributed by atoms with Crippen LogP contribution in [0.2, 0.25) is 0 Å².